The third-order valence-electron chi connectivity index (χ3n) is 8.14. The molecular weight excluding hydrogens is 430 g/mol. The van der Waals surface area contributed by atoms with E-state index in [1.54, 1.807) is 0 Å². The number of hydrogen-bond donors (Lipinski definition) is 0. The van der Waals surface area contributed by atoms with E-state index in [1.165, 1.54) is 86.8 Å². The lowest BCUT2D eigenvalue weighted by molar-refractivity contribution is -0.659. The van der Waals surface area contributed by atoms with Gasteiger partial charge < -0.3 is 4.74 Å². The van der Waals surface area contributed by atoms with Crippen LogP contribution in [0.5, 0.6) is 11.5 Å². The van der Waals surface area contributed by atoms with Crippen molar-refractivity contribution in [2.75, 3.05) is 0 Å². The summed E-state index contributed by atoms with van der Waals surface area (Å²) in [7, 11) is 0.472. The van der Waals surface area contributed by atoms with Gasteiger partial charge in [-0.3, -0.25) is 0 Å². The highest BCUT2D eigenvalue weighted by Gasteiger charge is 2.36. The molecule has 2 heterocycles. The van der Waals surface area contributed by atoms with Crippen molar-refractivity contribution in [2.45, 2.75) is 65.6 Å². The standard InChI is InChI=1S/C31H36NOSi/c1-19-11-12-24-25(15-19)20(2)27-29-28-23(13-14-32(29)3)17-22(16-21-9-7-8-10-21)18-26(28)33-30(27)31(24)34(4,5)6/h11-15,17-18,21H,7-10,16H2,1-6H3/q+1. The molecular formula is C31H36NOSi+. The number of nitrogens with zero attached hydrogens (tertiary/aromatic N) is 1. The number of pyridine rings is 1. The molecule has 6 rings (SSSR count). The number of rotatable bonds is 3. The van der Waals surface area contributed by atoms with Gasteiger partial charge in [0.25, 0.3) is 0 Å². The third-order valence-corrected chi connectivity index (χ3v) is 10.1. The van der Waals surface area contributed by atoms with E-state index in [0.29, 0.717) is 0 Å². The minimum absolute atomic E-state index is 0.826. The predicted molar refractivity (Wildman–Crippen MR) is 146 cm³/mol. The topological polar surface area (TPSA) is 13.1 Å². The zero-order chi connectivity index (χ0) is 23.8. The van der Waals surface area contributed by atoms with Crippen LogP contribution in [-0.4, -0.2) is 8.07 Å². The number of aromatic nitrogens is 1. The van der Waals surface area contributed by atoms with Crippen molar-refractivity contribution in [1.29, 1.82) is 0 Å². The van der Waals surface area contributed by atoms with Gasteiger partial charge in [0.15, 0.2) is 6.20 Å². The normalized spacial score (nSPS) is 15.7. The summed E-state index contributed by atoms with van der Waals surface area (Å²) in [6.45, 7) is 11.8. The van der Waals surface area contributed by atoms with Crippen LogP contribution >= 0.6 is 0 Å². The molecule has 2 nitrogen and oxygen atoms in total. The lowest BCUT2D eigenvalue weighted by Crippen LogP contribution is -2.41. The zero-order valence-corrected chi connectivity index (χ0v) is 22.5. The van der Waals surface area contributed by atoms with Crippen LogP contribution in [-0.2, 0) is 13.5 Å². The van der Waals surface area contributed by atoms with Gasteiger partial charge in [0, 0.05) is 6.07 Å². The van der Waals surface area contributed by atoms with Gasteiger partial charge in [-0.25, -0.2) is 4.57 Å². The fourth-order valence-corrected chi connectivity index (χ4v) is 8.44. The lowest BCUT2D eigenvalue weighted by atomic mass is 9.89. The molecule has 0 radical (unpaired) electrons. The largest absolute Gasteiger partial charge is 0.456 e. The lowest BCUT2D eigenvalue weighted by Gasteiger charge is -2.30. The molecule has 3 heteroatoms. The van der Waals surface area contributed by atoms with Crippen molar-refractivity contribution in [3.8, 4) is 22.8 Å². The molecule has 1 aliphatic heterocycles. The van der Waals surface area contributed by atoms with E-state index in [2.05, 4.69) is 87.7 Å². The Kier molecular flexibility index (Phi) is 4.93. The molecule has 2 aliphatic rings. The molecule has 1 saturated carbocycles. The van der Waals surface area contributed by atoms with Gasteiger partial charge in [0.2, 0.25) is 5.69 Å². The first-order valence-corrected chi connectivity index (χ1v) is 16.4. The monoisotopic (exact) mass is 466 g/mol. The molecule has 0 N–H and O–H groups in total. The van der Waals surface area contributed by atoms with Crippen LogP contribution in [0.3, 0.4) is 0 Å². The Labute approximate surface area is 204 Å². The fourth-order valence-electron chi connectivity index (χ4n) is 6.55. The molecule has 0 amide bonds. The van der Waals surface area contributed by atoms with Gasteiger partial charge in [-0.15, -0.1) is 0 Å². The van der Waals surface area contributed by atoms with Crippen LogP contribution < -0.4 is 14.5 Å². The van der Waals surface area contributed by atoms with E-state index >= 15 is 0 Å². The number of aryl methyl sites for hydroxylation is 3. The number of hydrogen-bond acceptors (Lipinski definition) is 1. The van der Waals surface area contributed by atoms with E-state index in [-0.39, 0.29) is 0 Å². The maximum Gasteiger partial charge on any atom is 0.228 e. The predicted octanol–water partition coefficient (Wildman–Crippen LogP) is 7.48. The molecule has 1 aromatic heterocycles. The van der Waals surface area contributed by atoms with Crippen LogP contribution in [0.2, 0.25) is 19.6 Å². The Balaban J connectivity index is 1.69. The molecule has 0 bridgehead atoms. The Hall–Kier alpha value is -2.65. The van der Waals surface area contributed by atoms with E-state index in [0.717, 1.165) is 17.4 Å². The van der Waals surface area contributed by atoms with E-state index < -0.39 is 8.07 Å². The fraction of sp³-hybridized carbons (Fsp3) is 0.387. The van der Waals surface area contributed by atoms with Crippen LogP contribution in [0, 0.1) is 19.8 Å². The van der Waals surface area contributed by atoms with Gasteiger partial charge in [-0.05, 0) is 64.7 Å². The Morgan fingerprint density at radius 2 is 1.74 bits per heavy atom. The number of ether oxygens (including phenoxy) is 1. The van der Waals surface area contributed by atoms with Crippen LogP contribution in [0.1, 0.15) is 42.4 Å². The maximum atomic E-state index is 7.01. The summed E-state index contributed by atoms with van der Waals surface area (Å²) in [4.78, 5) is 0. The number of benzene rings is 3. The van der Waals surface area contributed by atoms with Crippen molar-refractivity contribution >= 4 is 34.8 Å². The summed E-state index contributed by atoms with van der Waals surface area (Å²) in [5.41, 5.74) is 6.68. The second kappa shape index (κ2) is 7.68. The van der Waals surface area contributed by atoms with E-state index in [4.69, 9.17) is 4.74 Å². The minimum atomic E-state index is -1.72. The molecule has 0 atom stereocenters. The van der Waals surface area contributed by atoms with Gasteiger partial charge in [-0.1, -0.05) is 75.2 Å². The Morgan fingerprint density at radius 3 is 2.47 bits per heavy atom. The smallest absolute Gasteiger partial charge is 0.228 e. The first-order chi connectivity index (χ1) is 16.2. The van der Waals surface area contributed by atoms with Crippen molar-refractivity contribution in [2.24, 2.45) is 13.0 Å². The SMILES string of the molecule is Cc1ccc2c([Si](C)(C)C)c3c(c(C)c2c1)-c1c2c(cc(CC4CCCC4)cc2cc[n+]1C)O3. The van der Waals surface area contributed by atoms with Crippen LogP contribution in [0.15, 0.2) is 42.6 Å². The summed E-state index contributed by atoms with van der Waals surface area (Å²) < 4.78 is 9.32. The van der Waals surface area contributed by atoms with Gasteiger partial charge in [0.1, 0.15) is 18.5 Å². The van der Waals surface area contributed by atoms with Crippen LogP contribution in [0.25, 0.3) is 32.8 Å². The molecule has 34 heavy (non-hydrogen) atoms. The van der Waals surface area contributed by atoms with Crippen LogP contribution in [0.4, 0.5) is 0 Å². The molecule has 174 valence electrons. The molecule has 4 aromatic rings. The highest BCUT2D eigenvalue weighted by atomic mass is 28.3. The summed E-state index contributed by atoms with van der Waals surface area (Å²) in [5.74, 6) is 2.99. The third kappa shape index (κ3) is 3.31. The van der Waals surface area contributed by atoms with Crippen molar-refractivity contribution in [1.82, 2.24) is 0 Å². The quantitative estimate of drug-likeness (QED) is 0.198. The molecule has 1 fully saturated rings. The summed E-state index contributed by atoms with van der Waals surface area (Å²) in [6, 6.07) is 14.0. The van der Waals surface area contributed by atoms with Gasteiger partial charge in [0.05, 0.1) is 19.0 Å². The Morgan fingerprint density at radius 1 is 0.971 bits per heavy atom. The second-order valence-corrected chi connectivity index (χ2v) is 16.8. The van der Waals surface area contributed by atoms with E-state index in [1.807, 2.05) is 0 Å². The van der Waals surface area contributed by atoms with Crippen molar-refractivity contribution in [3.63, 3.8) is 0 Å². The highest BCUT2D eigenvalue weighted by molar-refractivity contribution is 6.91. The number of fused-ring (bicyclic) bond motifs is 3. The van der Waals surface area contributed by atoms with Crippen molar-refractivity contribution in [3.05, 3.63) is 59.3 Å². The van der Waals surface area contributed by atoms with Gasteiger partial charge in [-0.2, -0.15) is 0 Å². The Bertz CT molecular complexity index is 1470. The van der Waals surface area contributed by atoms with Gasteiger partial charge >= 0.3 is 0 Å². The highest BCUT2D eigenvalue weighted by Crippen LogP contribution is 2.49. The zero-order valence-electron chi connectivity index (χ0n) is 21.5. The average molecular weight is 467 g/mol. The average Bonchev–Trinajstić information content (AvgIpc) is 3.28. The molecule has 1 aliphatic carbocycles. The van der Waals surface area contributed by atoms with E-state index in [9.17, 15) is 0 Å². The minimum Gasteiger partial charge on any atom is -0.456 e. The second-order valence-electron chi connectivity index (χ2n) is 11.8. The summed E-state index contributed by atoms with van der Waals surface area (Å²) in [6.07, 6.45) is 8.93. The summed E-state index contributed by atoms with van der Waals surface area (Å²) in [5, 5.41) is 6.78. The maximum absolute atomic E-state index is 7.01. The van der Waals surface area contributed by atoms with Crippen molar-refractivity contribution < 1.29 is 9.30 Å². The summed E-state index contributed by atoms with van der Waals surface area (Å²) >= 11 is 0. The first kappa shape index (κ1) is 21.9. The molecule has 0 saturated heterocycles. The molecule has 0 unspecified atom stereocenters. The first-order valence-electron chi connectivity index (χ1n) is 12.9. The molecule has 0 spiro atoms. The molecule has 3 aromatic carbocycles.